The molecule has 1 fully saturated rings. The number of hydrogen-bond acceptors (Lipinski definition) is 4. The molecule has 0 saturated carbocycles. The summed E-state index contributed by atoms with van der Waals surface area (Å²) in [5.41, 5.74) is 2.57. The molecular weight excluding hydrogens is 447 g/mol. The van der Waals surface area contributed by atoms with Crippen LogP contribution in [0, 0.1) is 0 Å². The number of carbonyl (C=O) groups is 1. The van der Waals surface area contributed by atoms with Crippen LogP contribution in [0.4, 0.5) is 5.69 Å². The number of carbonyl (C=O) groups excluding carboxylic acids is 1. The van der Waals surface area contributed by atoms with Crippen molar-refractivity contribution in [1.29, 1.82) is 0 Å². The lowest BCUT2D eigenvalue weighted by Crippen LogP contribution is -2.33. The Balaban J connectivity index is 1.47. The number of hydrogen-bond donors (Lipinski definition) is 0. The molecule has 0 unspecified atom stereocenters. The molecule has 2 aliphatic heterocycles. The van der Waals surface area contributed by atoms with E-state index in [1.54, 1.807) is 36.3 Å². The van der Waals surface area contributed by atoms with Gasteiger partial charge in [-0.05, 0) is 62.2 Å². The number of anilines is 1. The van der Waals surface area contributed by atoms with Crippen LogP contribution < -0.4 is 14.4 Å². The highest BCUT2D eigenvalue weighted by molar-refractivity contribution is 6.37. The van der Waals surface area contributed by atoms with E-state index in [0.717, 1.165) is 37.3 Å². The summed E-state index contributed by atoms with van der Waals surface area (Å²) in [6, 6.07) is 9.19. The Morgan fingerprint density at radius 2 is 1.81 bits per heavy atom. The van der Waals surface area contributed by atoms with Crippen molar-refractivity contribution in [2.75, 3.05) is 44.8 Å². The molecule has 7 heteroatoms. The molecule has 170 valence electrons. The average Bonchev–Trinajstić information content (AvgIpc) is 3.21. The number of methoxy groups -OCH3 is 1. The van der Waals surface area contributed by atoms with Gasteiger partial charge in [-0.15, -0.1) is 0 Å². The number of benzene rings is 2. The van der Waals surface area contributed by atoms with Crippen molar-refractivity contribution in [2.45, 2.75) is 25.7 Å². The average molecular weight is 475 g/mol. The van der Waals surface area contributed by atoms with Crippen molar-refractivity contribution >= 4 is 40.9 Å². The highest BCUT2D eigenvalue weighted by atomic mass is 35.5. The van der Waals surface area contributed by atoms with Gasteiger partial charge in [0, 0.05) is 40.8 Å². The number of piperidine rings is 1. The van der Waals surface area contributed by atoms with Gasteiger partial charge in [0.1, 0.15) is 6.61 Å². The fraction of sp³-hybridized carbons (Fsp3) is 0.400. The number of nitrogens with zero attached hydrogens (tertiary/aromatic N) is 2. The largest absolute Gasteiger partial charge is 0.493 e. The zero-order chi connectivity index (χ0) is 22.5. The molecule has 0 spiro atoms. The Bertz CT molecular complexity index is 983. The molecule has 32 heavy (non-hydrogen) atoms. The molecule has 0 N–H and O–H groups in total. The van der Waals surface area contributed by atoms with Crippen molar-refractivity contribution in [2.24, 2.45) is 0 Å². The number of amides is 1. The number of likely N-dealkylation sites (tertiary alicyclic amines) is 1. The summed E-state index contributed by atoms with van der Waals surface area (Å²) in [6.07, 6.45) is 7.79. The summed E-state index contributed by atoms with van der Waals surface area (Å²) in [7, 11) is 1.65. The van der Waals surface area contributed by atoms with Gasteiger partial charge in [-0.25, -0.2) is 0 Å². The van der Waals surface area contributed by atoms with Crippen LogP contribution in [0.2, 0.25) is 10.0 Å². The third kappa shape index (κ3) is 5.22. The molecule has 0 atom stereocenters. The van der Waals surface area contributed by atoms with Crippen LogP contribution in [0.25, 0.3) is 6.08 Å². The fourth-order valence-electron chi connectivity index (χ4n) is 4.28. The summed E-state index contributed by atoms with van der Waals surface area (Å²) in [4.78, 5) is 17.2. The SMILES string of the molecule is COc1cc2c(cc1OCCN1CCCCC1)N(C(=O)/C=C/c1c(Cl)cccc1Cl)CC2. The van der Waals surface area contributed by atoms with E-state index in [-0.39, 0.29) is 5.91 Å². The summed E-state index contributed by atoms with van der Waals surface area (Å²) in [5.74, 6) is 1.25. The van der Waals surface area contributed by atoms with Crippen molar-refractivity contribution in [1.82, 2.24) is 4.90 Å². The number of fused-ring (bicyclic) bond motifs is 1. The lowest BCUT2D eigenvalue weighted by Gasteiger charge is -2.26. The van der Waals surface area contributed by atoms with Crippen LogP contribution in [-0.2, 0) is 11.2 Å². The van der Waals surface area contributed by atoms with Gasteiger partial charge in [-0.3, -0.25) is 9.69 Å². The van der Waals surface area contributed by atoms with Crippen LogP contribution in [0.3, 0.4) is 0 Å². The van der Waals surface area contributed by atoms with E-state index >= 15 is 0 Å². The quantitative estimate of drug-likeness (QED) is 0.498. The Labute approximate surface area is 199 Å². The molecule has 0 aromatic heterocycles. The lowest BCUT2D eigenvalue weighted by atomic mass is 10.1. The van der Waals surface area contributed by atoms with Gasteiger partial charge in [0.2, 0.25) is 0 Å². The summed E-state index contributed by atoms with van der Waals surface area (Å²) in [5, 5.41) is 1.02. The maximum absolute atomic E-state index is 13.0. The molecule has 0 aliphatic carbocycles. The highest BCUT2D eigenvalue weighted by Crippen LogP contribution is 2.39. The van der Waals surface area contributed by atoms with Gasteiger partial charge in [-0.1, -0.05) is 35.7 Å². The smallest absolute Gasteiger partial charge is 0.251 e. The van der Waals surface area contributed by atoms with E-state index in [2.05, 4.69) is 4.90 Å². The minimum Gasteiger partial charge on any atom is -0.493 e. The Morgan fingerprint density at radius 1 is 1.06 bits per heavy atom. The molecule has 5 nitrogen and oxygen atoms in total. The second-order valence-electron chi connectivity index (χ2n) is 8.09. The van der Waals surface area contributed by atoms with Crippen LogP contribution in [-0.4, -0.2) is 50.7 Å². The van der Waals surface area contributed by atoms with E-state index in [1.165, 1.54) is 25.3 Å². The maximum atomic E-state index is 13.0. The second-order valence-corrected chi connectivity index (χ2v) is 8.91. The number of rotatable bonds is 7. The van der Waals surface area contributed by atoms with E-state index < -0.39 is 0 Å². The minimum absolute atomic E-state index is 0.121. The molecule has 2 aromatic rings. The van der Waals surface area contributed by atoms with Crippen molar-refractivity contribution in [3.8, 4) is 11.5 Å². The van der Waals surface area contributed by atoms with Crippen LogP contribution in [0.5, 0.6) is 11.5 Å². The molecule has 2 aliphatic rings. The van der Waals surface area contributed by atoms with E-state index in [1.807, 2.05) is 12.1 Å². The van der Waals surface area contributed by atoms with Crippen LogP contribution in [0.1, 0.15) is 30.4 Å². The van der Waals surface area contributed by atoms with Gasteiger partial charge >= 0.3 is 0 Å². The van der Waals surface area contributed by atoms with Crippen molar-refractivity contribution in [3.63, 3.8) is 0 Å². The number of ether oxygens (including phenoxy) is 2. The molecule has 2 aromatic carbocycles. The van der Waals surface area contributed by atoms with Crippen molar-refractivity contribution < 1.29 is 14.3 Å². The Hall–Kier alpha value is -2.21. The van der Waals surface area contributed by atoms with Gasteiger partial charge in [0.25, 0.3) is 5.91 Å². The highest BCUT2D eigenvalue weighted by Gasteiger charge is 2.26. The Morgan fingerprint density at radius 3 is 2.53 bits per heavy atom. The zero-order valence-electron chi connectivity index (χ0n) is 18.3. The third-order valence-electron chi connectivity index (χ3n) is 6.03. The molecule has 2 heterocycles. The first-order chi connectivity index (χ1) is 15.6. The molecule has 1 amide bonds. The number of halogens is 2. The third-order valence-corrected chi connectivity index (χ3v) is 6.69. The van der Waals surface area contributed by atoms with E-state index in [9.17, 15) is 4.79 Å². The fourth-order valence-corrected chi connectivity index (χ4v) is 4.80. The Kier molecular flexibility index (Phi) is 7.61. The van der Waals surface area contributed by atoms with Crippen LogP contribution in [0.15, 0.2) is 36.4 Å². The van der Waals surface area contributed by atoms with E-state index in [4.69, 9.17) is 32.7 Å². The van der Waals surface area contributed by atoms with Gasteiger partial charge in [-0.2, -0.15) is 0 Å². The zero-order valence-corrected chi connectivity index (χ0v) is 19.8. The van der Waals surface area contributed by atoms with Crippen molar-refractivity contribution in [3.05, 3.63) is 57.6 Å². The summed E-state index contributed by atoms with van der Waals surface area (Å²) < 4.78 is 11.6. The maximum Gasteiger partial charge on any atom is 0.251 e. The predicted octanol–water partition coefficient (Wildman–Crippen LogP) is 5.47. The molecule has 1 saturated heterocycles. The summed E-state index contributed by atoms with van der Waals surface area (Å²) in [6.45, 7) is 4.36. The molecule has 0 bridgehead atoms. The van der Waals surface area contributed by atoms with Gasteiger partial charge < -0.3 is 14.4 Å². The van der Waals surface area contributed by atoms with Gasteiger partial charge in [0.15, 0.2) is 11.5 Å². The predicted molar refractivity (Wildman–Crippen MR) is 130 cm³/mol. The second kappa shape index (κ2) is 10.6. The van der Waals surface area contributed by atoms with Crippen LogP contribution >= 0.6 is 23.2 Å². The monoisotopic (exact) mass is 474 g/mol. The lowest BCUT2D eigenvalue weighted by molar-refractivity contribution is -0.114. The molecular formula is C25H28Cl2N2O3. The first-order valence-corrected chi connectivity index (χ1v) is 11.8. The molecule has 0 radical (unpaired) electrons. The minimum atomic E-state index is -0.121. The summed E-state index contributed by atoms with van der Waals surface area (Å²) >= 11 is 12.4. The first kappa shape index (κ1) is 23.0. The normalized spacial score (nSPS) is 16.4. The standard InChI is InChI=1S/C25H28Cl2N2O3/c1-31-23-16-18-10-13-29(25(30)9-8-19-20(26)6-5-7-21(19)27)22(18)17-24(23)32-15-14-28-11-3-2-4-12-28/h5-9,16-17H,2-4,10-15H2,1H3/b9-8+. The topological polar surface area (TPSA) is 42.0 Å². The first-order valence-electron chi connectivity index (χ1n) is 11.1. The van der Waals surface area contributed by atoms with Gasteiger partial charge in [0.05, 0.1) is 12.8 Å². The molecule has 4 rings (SSSR count). The van der Waals surface area contributed by atoms with E-state index in [0.29, 0.717) is 40.3 Å².